The Kier molecular flexibility index (Phi) is 8.82. The summed E-state index contributed by atoms with van der Waals surface area (Å²) in [6.07, 6.45) is 0. The van der Waals surface area contributed by atoms with E-state index in [0.29, 0.717) is 0 Å². The number of hydrogen-bond acceptors (Lipinski definition) is 1. The first-order chi connectivity index (χ1) is 6.28. The summed E-state index contributed by atoms with van der Waals surface area (Å²) < 4.78 is 4.25. The Morgan fingerprint density at radius 1 is 1.08 bits per heavy atom. The average molecular weight is 310 g/mol. The molecule has 0 aliphatic carbocycles. The maximum Gasteiger partial charge on any atom is 0.0351 e. The lowest BCUT2D eigenvalue weighted by atomic mass is 10.2. The Bertz CT molecular complexity index is 207. The molecule has 0 saturated carbocycles. The van der Waals surface area contributed by atoms with Gasteiger partial charge in [-0.15, -0.1) is 0 Å². The van der Waals surface area contributed by atoms with Crippen molar-refractivity contribution >= 4 is 31.9 Å². The van der Waals surface area contributed by atoms with Crippen molar-refractivity contribution < 1.29 is 4.74 Å². The molecule has 1 aromatic rings. The summed E-state index contributed by atoms with van der Waals surface area (Å²) >= 11 is 6.81. The molecular weight excluding hydrogens is 296 g/mol. The summed E-state index contributed by atoms with van der Waals surface area (Å²) in [4.78, 5) is 0. The van der Waals surface area contributed by atoms with E-state index < -0.39 is 0 Å². The van der Waals surface area contributed by atoms with Gasteiger partial charge < -0.3 is 4.74 Å². The second-order valence-electron chi connectivity index (χ2n) is 2.50. The van der Waals surface area contributed by atoms with Crippen molar-refractivity contribution in [1.82, 2.24) is 0 Å². The molecule has 74 valence electrons. The molecule has 0 aromatic heterocycles. The third-order valence-electron chi connectivity index (χ3n) is 1.30. The van der Waals surface area contributed by atoms with E-state index in [9.17, 15) is 0 Å². The second kappa shape index (κ2) is 8.73. The zero-order valence-corrected chi connectivity index (χ0v) is 11.1. The first-order valence-electron chi connectivity index (χ1n) is 3.88. The fraction of sp³-hybridized carbons (Fsp3) is 0.400. The summed E-state index contributed by atoms with van der Waals surface area (Å²) in [6.45, 7) is 0. The lowest BCUT2D eigenvalue weighted by Gasteiger charge is -1.97. The molecule has 0 radical (unpaired) electrons. The predicted molar refractivity (Wildman–Crippen MR) is 64.6 cm³/mol. The van der Waals surface area contributed by atoms with Gasteiger partial charge in [0.1, 0.15) is 0 Å². The second-order valence-corrected chi connectivity index (χ2v) is 3.62. The highest BCUT2D eigenvalue weighted by Crippen LogP contribution is 2.10. The van der Waals surface area contributed by atoms with E-state index in [1.807, 2.05) is 0 Å². The van der Waals surface area contributed by atoms with Crippen molar-refractivity contribution in [3.63, 3.8) is 0 Å². The summed E-state index contributed by atoms with van der Waals surface area (Å²) in [7, 11) is 3.25. The van der Waals surface area contributed by atoms with Gasteiger partial charge in [0.2, 0.25) is 0 Å². The van der Waals surface area contributed by atoms with Gasteiger partial charge >= 0.3 is 0 Å². The molecule has 0 heterocycles. The Balaban J connectivity index is 0.000000424. The van der Waals surface area contributed by atoms with Gasteiger partial charge in [-0.2, -0.15) is 0 Å². The molecule has 0 N–H and O–H groups in total. The third kappa shape index (κ3) is 6.24. The van der Waals surface area contributed by atoms with Gasteiger partial charge in [-0.05, 0) is 11.1 Å². The molecule has 0 atom stereocenters. The highest BCUT2D eigenvalue weighted by Gasteiger charge is 1.90. The lowest BCUT2D eigenvalue weighted by Crippen LogP contribution is -1.80. The van der Waals surface area contributed by atoms with Crippen molar-refractivity contribution in [2.75, 3.05) is 14.2 Å². The van der Waals surface area contributed by atoms with Crippen LogP contribution in [0.5, 0.6) is 0 Å². The minimum Gasteiger partial charge on any atom is -0.388 e. The molecule has 0 unspecified atom stereocenters. The molecule has 1 aromatic carbocycles. The van der Waals surface area contributed by atoms with E-state index in [1.165, 1.54) is 11.1 Å². The number of hydrogen-bond donors (Lipinski definition) is 0. The van der Waals surface area contributed by atoms with Crippen LogP contribution >= 0.6 is 31.9 Å². The van der Waals surface area contributed by atoms with Crippen LogP contribution in [-0.4, -0.2) is 14.2 Å². The molecule has 0 aliphatic rings. The fourth-order valence-electron chi connectivity index (χ4n) is 0.796. The van der Waals surface area contributed by atoms with E-state index in [-0.39, 0.29) is 0 Å². The third-order valence-corrected chi connectivity index (χ3v) is 2.59. The summed E-state index contributed by atoms with van der Waals surface area (Å²) in [5, 5.41) is 1.88. The predicted octanol–water partition coefficient (Wildman–Crippen LogP) is 3.74. The molecule has 0 spiro atoms. The first-order valence-corrected chi connectivity index (χ1v) is 6.12. The Hall–Kier alpha value is 0.140. The fourth-order valence-corrected chi connectivity index (χ4v) is 1.49. The number of ether oxygens (including phenoxy) is 1. The Morgan fingerprint density at radius 3 is 1.77 bits per heavy atom. The SMILES string of the molecule is BrCc1cccc(CBr)c1.COC. The van der Waals surface area contributed by atoms with Gasteiger partial charge in [0.25, 0.3) is 0 Å². The van der Waals surface area contributed by atoms with Gasteiger partial charge in [-0.3, -0.25) is 0 Å². The molecule has 0 amide bonds. The highest BCUT2D eigenvalue weighted by molar-refractivity contribution is 9.08. The Morgan fingerprint density at radius 2 is 1.46 bits per heavy atom. The summed E-state index contributed by atoms with van der Waals surface area (Å²) in [5.74, 6) is 0. The van der Waals surface area contributed by atoms with Crippen LogP contribution in [0.2, 0.25) is 0 Å². The van der Waals surface area contributed by atoms with Crippen LogP contribution in [0.3, 0.4) is 0 Å². The van der Waals surface area contributed by atoms with E-state index in [2.05, 4.69) is 60.9 Å². The van der Waals surface area contributed by atoms with Crippen molar-refractivity contribution in [3.05, 3.63) is 35.4 Å². The van der Waals surface area contributed by atoms with Gasteiger partial charge in [0.15, 0.2) is 0 Å². The van der Waals surface area contributed by atoms with E-state index in [0.717, 1.165) is 10.7 Å². The smallest absolute Gasteiger partial charge is 0.0351 e. The van der Waals surface area contributed by atoms with E-state index in [4.69, 9.17) is 0 Å². The number of alkyl halides is 2. The van der Waals surface area contributed by atoms with Crippen LogP contribution in [0.15, 0.2) is 24.3 Å². The van der Waals surface area contributed by atoms with E-state index >= 15 is 0 Å². The number of rotatable bonds is 2. The number of benzene rings is 1. The monoisotopic (exact) mass is 308 g/mol. The van der Waals surface area contributed by atoms with Crippen molar-refractivity contribution in [1.29, 1.82) is 0 Å². The summed E-state index contributed by atoms with van der Waals surface area (Å²) in [5.41, 5.74) is 2.66. The maximum atomic E-state index is 4.25. The molecule has 1 nitrogen and oxygen atoms in total. The minimum atomic E-state index is 0.938. The molecular formula is C10H14Br2O. The van der Waals surface area contributed by atoms with Crippen LogP contribution < -0.4 is 0 Å². The van der Waals surface area contributed by atoms with Crippen LogP contribution in [0.4, 0.5) is 0 Å². The molecule has 1 rings (SSSR count). The summed E-state index contributed by atoms with van der Waals surface area (Å²) in [6, 6.07) is 8.48. The van der Waals surface area contributed by atoms with Crippen LogP contribution in [0, 0.1) is 0 Å². The average Bonchev–Trinajstić information content (AvgIpc) is 2.19. The quantitative estimate of drug-likeness (QED) is 0.756. The molecule has 0 saturated heterocycles. The largest absolute Gasteiger partial charge is 0.388 e. The minimum absolute atomic E-state index is 0.938. The Labute approximate surface area is 96.7 Å². The van der Waals surface area contributed by atoms with Crippen molar-refractivity contribution in [2.45, 2.75) is 10.7 Å². The normalized spacial score (nSPS) is 8.92. The van der Waals surface area contributed by atoms with Crippen molar-refractivity contribution in [3.8, 4) is 0 Å². The van der Waals surface area contributed by atoms with Crippen LogP contribution in [-0.2, 0) is 15.4 Å². The van der Waals surface area contributed by atoms with E-state index in [1.54, 1.807) is 14.2 Å². The van der Waals surface area contributed by atoms with Crippen molar-refractivity contribution in [2.24, 2.45) is 0 Å². The lowest BCUT2D eigenvalue weighted by molar-refractivity contribution is 0.277. The van der Waals surface area contributed by atoms with Gasteiger partial charge in [-0.1, -0.05) is 56.1 Å². The molecule has 0 aliphatic heterocycles. The zero-order valence-electron chi connectivity index (χ0n) is 7.89. The maximum absolute atomic E-state index is 4.25. The standard InChI is InChI=1S/C8H8Br2.C2H6O/c9-5-7-2-1-3-8(4-7)6-10;1-3-2/h1-4H,5-6H2;1-2H3. The van der Waals surface area contributed by atoms with Crippen LogP contribution in [0.1, 0.15) is 11.1 Å². The highest BCUT2D eigenvalue weighted by atomic mass is 79.9. The van der Waals surface area contributed by atoms with Gasteiger partial charge in [-0.25, -0.2) is 0 Å². The van der Waals surface area contributed by atoms with Gasteiger partial charge in [0.05, 0.1) is 0 Å². The topological polar surface area (TPSA) is 9.23 Å². The zero-order chi connectivity index (χ0) is 10.1. The van der Waals surface area contributed by atoms with Crippen LogP contribution in [0.25, 0.3) is 0 Å². The molecule has 13 heavy (non-hydrogen) atoms. The molecule has 0 bridgehead atoms. The number of methoxy groups -OCH3 is 1. The first kappa shape index (κ1) is 13.1. The molecule has 0 fully saturated rings. The molecule has 3 heteroatoms. The van der Waals surface area contributed by atoms with Gasteiger partial charge in [0, 0.05) is 24.9 Å². The number of halogens is 2.